The number of benzene rings is 1. The third-order valence-corrected chi connectivity index (χ3v) is 7.14. The van der Waals surface area contributed by atoms with Crippen molar-refractivity contribution in [3.05, 3.63) is 56.9 Å². The molecular formula is C22H25N3O2S. The van der Waals surface area contributed by atoms with Crippen molar-refractivity contribution in [1.29, 1.82) is 0 Å². The molecule has 2 aromatic heterocycles. The molecule has 5 nitrogen and oxygen atoms in total. The molecular weight excluding hydrogens is 370 g/mol. The first-order chi connectivity index (χ1) is 13.5. The standard InChI is InChI=1S/C22H25N3O2S/c1-3-19-13(2)10-20(28-19)22(27)25-8-6-14(7-9-25)17-12-24-18-5-4-15(21(23)26)11-16(17)18/h4-5,10-12,14,24H,3,6-9H2,1-2H3,(H2,23,26). The van der Waals surface area contributed by atoms with Crippen molar-refractivity contribution in [3.63, 3.8) is 0 Å². The van der Waals surface area contributed by atoms with Gasteiger partial charge in [0.1, 0.15) is 0 Å². The van der Waals surface area contributed by atoms with Crippen LogP contribution in [0.3, 0.4) is 0 Å². The quantitative estimate of drug-likeness (QED) is 0.694. The number of piperidine rings is 1. The van der Waals surface area contributed by atoms with Crippen LogP contribution in [0.5, 0.6) is 0 Å². The van der Waals surface area contributed by atoms with Gasteiger partial charge in [0.2, 0.25) is 5.91 Å². The first-order valence-corrected chi connectivity index (χ1v) is 10.6. The Labute approximate surface area is 168 Å². The van der Waals surface area contributed by atoms with Crippen molar-refractivity contribution in [2.24, 2.45) is 5.73 Å². The van der Waals surface area contributed by atoms with Crippen LogP contribution < -0.4 is 5.73 Å². The van der Waals surface area contributed by atoms with Crippen LogP contribution in [-0.4, -0.2) is 34.8 Å². The Morgan fingerprint density at radius 2 is 2.00 bits per heavy atom. The predicted octanol–water partition coefficient (Wildman–Crippen LogP) is 4.22. The Hall–Kier alpha value is -2.60. The molecule has 3 aromatic rings. The summed E-state index contributed by atoms with van der Waals surface area (Å²) in [4.78, 5) is 31.8. The molecule has 1 saturated heterocycles. The number of aromatic amines is 1. The summed E-state index contributed by atoms with van der Waals surface area (Å²) in [7, 11) is 0. The van der Waals surface area contributed by atoms with Crippen molar-refractivity contribution >= 4 is 34.1 Å². The number of carbonyl (C=O) groups is 2. The lowest BCUT2D eigenvalue weighted by Gasteiger charge is -2.31. The van der Waals surface area contributed by atoms with Gasteiger partial charge in [0.25, 0.3) is 5.91 Å². The number of amides is 2. The fraction of sp³-hybridized carbons (Fsp3) is 0.364. The Balaban J connectivity index is 1.49. The number of aryl methyl sites for hydroxylation is 2. The molecule has 28 heavy (non-hydrogen) atoms. The third-order valence-electron chi connectivity index (χ3n) is 5.77. The van der Waals surface area contributed by atoms with Crippen LogP contribution >= 0.6 is 11.3 Å². The number of rotatable bonds is 4. The van der Waals surface area contributed by atoms with Gasteiger partial charge in [-0.2, -0.15) is 0 Å². The lowest BCUT2D eigenvalue weighted by Crippen LogP contribution is -2.37. The van der Waals surface area contributed by atoms with Crippen molar-refractivity contribution < 1.29 is 9.59 Å². The van der Waals surface area contributed by atoms with E-state index < -0.39 is 5.91 Å². The smallest absolute Gasteiger partial charge is 0.263 e. The maximum absolute atomic E-state index is 12.9. The number of thiophene rings is 1. The van der Waals surface area contributed by atoms with Crippen molar-refractivity contribution in [1.82, 2.24) is 9.88 Å². The number of carbonyl (C=O) groups excluding carboxylic acids is 2. The van der Waals surface area contributed by atoms with E-state index in [4.69, 9.17) is 5.73 Å². The zero-order valence-electron chi connectivity index (χ0n) is 16.2. The largest absolute Gasteiger partial charge is 0.366 e. The van der Waals surface area contributed by atoms with Gasteiger partial charge in [0.15, 0.2) is 0 Å². The topological polar surface area (TPSA) is 79.2 Å². The van der Waals surface area contributed by atoms with Gasteiger partial charge in [0, 0.05) is 40.6 Å². The van der Waals surface area contributed by atoms with Crippen LogP contribution in [0, 0.1) is 6.92 Å². The summed E-state index contributed by atoms with van der Waals surface area (Å²) >= 11 is 1.63. The summed E-state index contributed by atoms with van der Waals surface area (Å²) in [5.74, 6) is 0.116. The molecule has 1 fully saturated rings. The number of nitrogens with one attached hydrogen (secondary N) is 1. The number of nitrogens with zero attached hydrogens (tertiary/aromatic N) is 1. The molecule has 3 N–H and O–H groups in total. The monoisotopic (exact) mass is 395 g/mol. The van der Waals surface area contributed by atoms with E-state index in [1.54, 1.807) is 17.4 Å². The van der Waals surface area contributed by atoms with Crippen molar-refractivity contribution in [2.45, 2.75) is 39.0 Å². The minimum atomic E-state index is -0.410. The molecule has 2 amide bonds. The lowest BCUT2D eigenvalue weighted by atomic mass is 9.89. The average molecular weight is 396 g/mol. The molecule has 1 aromatic carbocycles. The highest BCUT2D eigenvalue weighted by molar-refractivity contribution is 7.14. The molecule has 1 aliphatic heterocycles. The van der Waals surface area contributed by atoms with Gasteiger partial charge >= 0.3 is 0 Å². The number of fused-ring (bicyclic) bond motifs is 1. The van der Waals surface area contributed by atoms with Gasteiger partial charge < -0.3 is 15.6 Å². The highest BCUT2D eigenvalue weighted by Gasteiger charge is 2.27. The van der Waals surface area contributed by atoms with E-state index in [9.17, 15) is 9.59 Å². The van der Waals surface area contributed by atoms with E-state index in [0.717, 1.165) is 48.1 Å². The van der Waals surface area contributed by atoms with Crippen LogP contribution in [0.15, 0.2) is 30.5 Å². The highest BCUT2D eigenvalue weighted by Crippen LogP contribution is 2.34. The normalized spacial score (nSPS) is 15.3. The summed E-state index contributed by atoms with van der Waals surface area (Å²) in [6.07, 6.45) is 4.85. The lowest BCUT2D eigenvalue weighted by molar-refractivity contribution is 0.0718. The molecule has 0 atom stereocenters. The molecule has 146 valence electrons. The molecule has 0 spiro atoms. The Morgan fingerprint density at radius 3 is 2.64 bits per heavy atom. The van der Waals surface area contributed by atoms with Crippen LogP contribution in [0.25, 0.3) is 10.9 Å². The fourth-order valence-electron chi connectivity index (χ4n) is 4.16. The number of primary amides is 1. The first kappa shape index (κ1) is 18.7. The van der Waals surface area contributed by atoms with Gasteiger partial charge in [-0.1, -0.05) is 6.92 Å². The van der Waals surface area contributed by atoms with E-state index in [-0.39, 0.29) is 5.91 Å². The molecule has 0 unspecified atom stereocenters. The van der Waals surface area contributed by atoms with E-state index in [0.29, 0.717) is 11.5 Å². The zero-order valence-corrected chi connectivity index (χ0v) is 17.1. The number of likely N-dealkylation sites (tertiary alicyclic amines) is 1. The highest BCUT2D eigenvalue weighted by atomic mass is 32.1. The van der Waals surface area contributed by atoms with E-state index in [2.05, 4.69) is 18.8 Å². The number of aromatic nitrogens is 1. The molecule has 0 aliphatic carbocycles. The molecule has 0 bridgehead atoms. The van der Waals surface area contributed by atoms with Gasteiger partial charge in [-0.15, -0.1) is 11.3 Å². The molecule has 6 heteroatoms. The van der Waals surface area contributed by atoms with Crippen LogP contribution in [-0.2, 0) is 6.42 Å². The molecule has 0 radical (unpaired) electrons. The van der Waals surface area contributed by atoms with E-state index >= 15 is 0 Å². The first-order valence-electron chi connectivity index (χ1n) is 9.77. The van der Waals surface area contributed by atoms with Gasteiger partial charge in [-0.25, -0.2) is 0 Å². The van der Waals surface area contributed by atoms with E-state index in [1.165, 1.54) is 16.0 Å². The summed E-state index contributed by atoms with van der Waals surface area (Å²) in [5, 5.41) is 1.06. The van der Waals surface area contributed by atoms with Gasteiger partial charge in [-0.05, 0) is 67.5 Å². The Bertz CT molecular complexity index is 1040. The summed E-state index contributed by atoms with van der Waals surface area (Å²) in [5.41, 5.74) is 9.41. The number of H-pyrrole nitrogens is 1. The fourth-order valence-corrected chi connectivity index (χ4v) is 5.24. The maximum atomic E-state index is 12.9. The molecule has 1 aliphatic rings. The maximum Gasteiger partial charge on any atom is 0.263 e. The Kier molecular flexibility index (Phi) is 4.98. The third kappa shape index (κ3) is 3.33. The summed E-state index contributed by atoms with van der Waals surface area (Å²) in [6.45, 7) is 5.72. The molecule has 3 heterocycles. The minimum Gasteiger partial charge on any atom is -0.366 e. The van der Waals surface area contributed by atoms with Crippen LogP contribution in [0.2, 0.25) is 0 Å². The van der Waals surface area contributed by atoms with Crippen LogP contribution in [0.1, 0.15) is 61.7 Å². The second kappa shape index (κ2) is 7.43. The van der Waals surface area contributed by atoms with Crippen molar-refractivity contribution in [3.8, 4) is 0 Å². The van der Waals surface area contributed by atoms with E-state index in [1.807, 2.05) is 29.3 Å². The Morgan fingerprint density at radius 1 is 1.25 bits per heavy atom. The summed E-state index contributed by atoms with van der Waals surface area (Å²) in [6, 6.07) is 7.56. The molecule has 0 saturated carbocycles. The number of nitrogens with two attached hydrogens (primary N) is 1. The summed E-state index contributed by atoms with van der Waals surface area (Å²) < 4.78 is 0. The number of hydrogen-bond donors (Lipinski definition) is 2. The zero-order chi connectivity index (χ0) is 19.8. The second-order valence-electron chi connectivity index (χ2n) is 7.51. The average Bonchev–Trinajstić information content (AvgIpc) is 3.30. The SMILES string of the molecule is CCc1sc(C(=O)N2CCC(c3c[nH]c4ccc(C(N)=O)cc34)CC2)cc1C. The van der Waals surface area contributed by atoms with Gasteiger partial charge in [-0.3, -0.25) is 9.59 Å². The van der Waals surface area contributed by atoms with Crippen molar-refractivity contribution in [2.75, 3.05) is 13.1 Å². The van der Waals surface area contributed by atoms with Gasteiger partial charge in [0.05, 0.1) is 4.88 Å². The number of hydrogen-bond acceptors (Lipinski definition) is 3. The molecule has 4 rings (SSSR count). The minimum absolute atomic E-state index is 0.154. The van der Waals surface area contributed by atoms with Crippen LogP contribution in [0.4, 0.5) is 0 Å². The predicted molar refractivity (Wildman–Crippen MR) is 113 cm³/mol. The second-order valence-corrected chi connectivity index (χ2v) is 8.64.